The number of carbonyl (C=O) groups is 1. The summed E-state index contributed by atoms with van der Waals surface area (Å²) in [4.78, 5) is 14.2. The molecule has 0 saturated heterocycles. The van der Waals surface area contributed by atoms with Gasteiger partial charge in [-0.3, -0.25) is 10.1 Å². The van der Waals surface area contributed by atoms with E-state index in [2.05, 4.69) is 17.3 Å². The van der Waals surface area contributed by atoms with Gasteiger partial charge in [0.15, 0.2) is 0 Å². The Hall–Kier alpha value is -0.610. The van der Waals surface area contributed by atoms with E-state index >= 15 is 0 Å². The van der Waals surface area contributed by atoms with E-state index in [0.29, 0.717) is 12.5 Å². The monoisotopic (exact) mass is 282 g/mol. The van der Waals surface area contributed by atoms with Gasteiger partial charge in [-0.2, -0.15) is 0 Å². The van der Waals surface area contributed by atoms with Crippen LogP contribution in [0.1, 0.15) is 52.4 Å². The third kappa shape index (κ3) is 3.73. The zero-order chi connectivity index (χ0) is 14.8. The lowest BCUT2D eigenvalue weighted by atomic mass is 9.91. The van der Waals surface area contributed by atoms with Gasteiger partial charge in [-0.1, -0.05) is 12.8 Å². The first-order valence-corrected chi connectivity index (χ1v) is 8.13. The summed E-state index contributed by atoms with van der Waals surface area (Å²) < 4.78 is 0. The third-order valence-corrected chi connectivity index (χ3v) is 4.77. The summed E-state index contributed by atoms with van der Waals surface area (Å²) in [6.45, 7) is 5.75. The number of hydrogen-bond acceptors (Lipinski definition) is 3. The molecule has 116 valence electrons. The Morgan fingerprint density at radius 1 is 1.30 bits per heavy atom. The fraction of sp³-hybridized carbons (Fsp3) is 0.938. The van der Waals surface area contributed by atoms with Crippen molar-refractivity contribution in [1.82, 2.24) is 10.2 Å². The summed E-state index contributed by atoms with van der Waals surface area (Å²) in [6, 6.07) is 0.201. The number of carboxylic acid groups (broad SMARTS) is 1. The molecule has 2 N–H and O–H groups in total. The number of nitrogens with zero attached hydrogens (tertiary/aromatic N) is 1. The predicted octanol–water partition coefficient (Wildman–Crippen LogP) is 2.34. The molecule has 0 radical (unpaired) electrons. The molecule has 2 aliphatic rings. The number of likely N-dealkylation sites (N-methyl/N-ethyl adjacent to an activating group) is 1. The molecule has 0 aromatic carbocycles. The lowest BCUT2D eigenvalue weighted by Gasteiger charge is -2.37. The molecule has 2 rings (SSSR count). The zero-order valence-corrected chi connectivity index (χ0v) is 13.2. The van der Waals surface area contributed by atoms with Crippen LogP contribution in [0.5, 0.6) is 0 Å². The van der Waals surface area contributed by atoms with Crippen molar-refractivity contribution < 1.29 is 9.90 Å². The lowest BCUT2D eigenvalue weighted by Crippen LogP contribution is -2.62. The summed E-state index contributed by atoms with van der Waals surface area (Å²) >= 11 is 0. The molecule has 0 aromatic rings. The first kappa shape index (κ1) is 15.8. The normalized spacial score (nSPS) is 23.4. The second-order valence-corrected chi connectivity index (χ2v) is 7.20. The van der Waals surface area contributed by atoms with Gasteiger partial charge in [0.1, 0.15) is 5.54 Å². The molecule has 0 heterocycles. The molecule has 0 amide bonds. The molecule has 1 unspecified atom stereocenters. The topological polar surface area (TPSA) is 52.6 Å². The second-order valence-electron chi connectivity index (χ2n) is 7.20. The molecule has 4 nitrogen and oxygen atoms in total. The first-order chi connectivity index (χ1) is 9.44. The largest absolute Gasteiger partial charge is 0.480 e. The Balaban J connectivity index is 2.00. The summed E-state index contributed by atoms with van der Waals surface area (Å²) in [5, 5.41) is 13.2. The van der Waals surface area contributed by atoms with E-state index in [4.69, 9.17) is 0 Å². The fourth-order valence-corrected chi connectivity index (χ4v) is 3.81. The molecule has 0 spiro atoms. The number of rotatable bonds is 8. The van der Waals surface area contributed by atoms with Gasteiger partial charge < -0.3 is 10.0 Å². The second kappa shape index (κ2) is 6.44. The third-order valence-electron chi connectivity index (χ3n) is 4.77. The van der Waals surface area contributed by atoms with Crippen molar-refractivity contribution in [2.45, 2.75) is 64.0 Å². The van der Waals surface area contributed by atoms with E-state index in [1.54, 1.807) is 0 Å². The maximum atomic E-state index is 11.9. The van der Waals surface area contributed by atoms with Gasteiger partial charge in [-0.05, 0) is 58.4 Å². The Bertz CT molecular complexity index is 335. The Labute approximate surface area is 122 Å². The maximum Gasteiger partial charge on any atom is 0.325 e. The minimum atomic E-state index is -0.748. The van der Waals surface area contributed by atoms with Gasteiger partial charge in [0, 0.05) is 19.1 Å². The highest BCUT2D eigenvalue weighted by Gasteiger charge is 2.52. The highest BCUT2D eigenvalue weighted by molar-refractivity contribution is 5.80. The molecule has 2 fully saturated rings. The van der Waals surface area contributed by atoms with E-state index < -0.39 is 11.5 Å². The van der Waals surface area contributed by atoms with Crippen LogP contribution in [-0.2, 0) is 4.79 Å². The van der Waals surface area contributed by atoms with Gasteiger partial charge in [0.25, 0.3) is 0 Å². The standard InChI is InChI=1S/C16H30N2O2/c1-12(2)17-16(15(19)20,14-8-9-14)11-18(3)10-13-6-4-5-7-13/h12-14,17H,4-11H2,1-3H3,(H,19,20). The van der Waals surface area contributed by atoms with Crippen molar-refractivity contribution in [2.75, 3.05) is 20.1 Å². The van der Waals surface area contributed by atoms with Crippen LogP contribution in [0.25, 0.3) is 0 Å². The molecule has 2 saturated carbocycles. The highest BCUT2D eigenvalue weighted by atomic mass is 16.4. The van der Waals surface area contributed by atoms with Crippen LogP contribution in [0.2, 0.25) is 0 Å². The van der Waals surface area contributed by atoms with Gasteiger partial charge in [0.05, 0.1) is 0 Å². The van der Waals surface area contributed by atoms with Crippen molar-refractivity contribution in [3.8, 4) is 0 Å². The maximum absolute atomic E-state index is 11.9. The number of aliphatic carboxylic acids is 1. The minimum absolute atomic E-state index is 0.201. The van der Waals surface area contributed by atoms with Gasteiger partial charge in [0.2, 0.25) is 0 Å². The van der Waals surface area contributed by atoms with Gasteiger partial charge in [-0.15, -0.1) is 0 Å². The Morgan fingerprint density at radius 3 is 2.35 bits per heavy atom. The highest BCUT2D eigenvalue weighted by Crippen LogP contribution is 2.41. The molecule has 20 heavy (non-hydrogen) atoms. The summed E-state index contributed by atoms with van der Waals surface area (Å²) in [5.74, 6) is 0.394. The fourth-order valence-electron chi connectivity index (χ4n) is 3.81. The Kier molecular flexibility index (Phi) is 5.08. The quantitative estimate of drug-likeness (QED) is 0.717. The summed E-state index contributed by atoms with van der Waals surface area (Å²) in [5.41, 5.74) is -0.748. The predicted molar refractivity (Wildman–Crippen MR) is 80.8 cm³/mol. The summed E-state index contributed by atoms with van der Waals surface area (Å²) in [7, 11) is 2.08. The lowest BCUT2D eigenvalue weighted by molar-refractivity contribution is -0.147. The van der Waals surface area contributed by atoms with Crippen LogP contribution in [0.3, 0.4) is 0 Å². The van der Waals surface area contributed by atoms with Crippen molar-refractivity contribution in [2.24, 2.45) is 11.8 Å². The van der Waals surface area contributed by atoms with Crippen LogP contribution in [0.4, 0.5) is 0 Å². The van der Waals surface area contributed by atoms with E-state index in [9.17, 15) is 9.90 Å². The minimum Gasteiger partial charge on any atom is -0.480 e. The molecular weight excluding hydrogens is 252 g/mol. The van der Waals surface area contributed by atoms with Crippen LogP contribution in [-0.4, -0.2) is 47.7 Å². The Morgan fingerprint density at radius 2 is 1.90 bits per heavy atom. The number of hydrogen-bond donors (Lipinski definition) is 2. The van der Waals surface area contributed by atoms with Crippen LogP contribution in [0, 0.1) is 11.8 Å². The summed E-state index contributed by atoms with van der Waals surface area (Å²) in [6.07, 6.45) is 7.40. The zero-order valence-electron chi connectivity index (χ0n) is 13.2. The average Bonchev–Trinajstić information content (AvgIpc) is 3.08. The van der Waals surface area contributed by atoms with Crippen molar-refractivity contribution in [1.29, 1.82) is 0 Å². The number of nitrogens with one attached hydrogen (secondary N) is 1. The van der Waals surface area contributed by atoms with Crippen molar-refractivity contribution >= 4 is 5.97 Å². The van der Waals surface area contributed by atoms with E-state index in [1.807, 2.05) is 13.8 Å². The first-order valence-electron chi connectivity index (χ1n) is 8.13. The van der Waals surface area contributed by atoms with Crippen LogP contribution < -0.4 is 5.32 Å². The van der Waals surface area contributed by atoms with E-state index in [-0.39, 0.29) is 6.04 Å². The van der Waals surface area contributed by atoms with Gasteiger partial charge >= 0.3 is 5.97 Å². The molecule has 0 bridgehead atoms. The molecular formula is C16H30N2O2. The molecule has 2 aliphatic carbocycles. The SMILES string of the molecule is CC(C)NC(CN(C)CC1CCCC1)(C(=O)O)C1CC1. The molecule has 1 atom stereocenters. The van der Waals surface area contributed by atoms with E-state index in [0.717, 1.165) is 25.3 Å². The molecule has 0 aliphatic heterocycles. The van der Waals surface area contributed by atoms with E-state index in [1.165, 1.54) is 25.7 Å². The van der Waals surface area contributed by atoms with Crippen LogP contribution >= 0.6 is 0 Å². The molecule has 4 heteroatoms. The number of carboxylic acids is 1. The smallest absolute Gasteiger partial charge is 0.325 e. The molecule has 0 aromatic heterocycles. The van der Waals surface area contributed by atoms with Gasteiger partial charge in [-0.25, -0.2) is 0 Å². The van der Waals surface area contributed by atoms with Crippen molar-refractivity contribution in [3.05, 3.63) is 0 Å². The van der Waals surface area contributed by atoms with Crippen LogP contribution in [0.15, 0.2) is 0 Å². The van der Waals surface area contributed by atoms with Crippen molar-refractivity contribution in [3.63, 3.8) is 0 Å². The average molecular weight is 282 g/mol.